The van der Waals surface area contributed by atoms with Gasteiger partial charge in [0.1, 0.15) is 41.2 Å². The molecule has 9 heteroatoms. The highest BCUT2D eigenvalue weighted by atomic mass is 35.5. The second-order valence-electron chi connectivity index (χ2n) is 9.71. The number of fused-ring (bicyclic) bond motifs is 1. The van der Waals surface area contributed by atoms with Gasteiger partial charge in [-0.15, -0.1) is 0 Å². The molecule has 4 aromatic carbocycles. The molecule has 1 atom stereocenters. The molecule has 4 aromatic rings. The third kappa shape index (κ3) is 6.31. The lowest BCUT2D eigenvalue weighted by molar-refractivity contribution is -0.136. The summed E-state index contributed by atoms with van der Waals surface area (Å²) < 4.78 is 22.8. The maximum absolute atomic E-state index is 12.5. The van der Waals surface area contributed by atoms with Gasteiger partial charge in [0.05, 0.1) is 5.92 Å². The van der Waals surface area contributed by atoms with Gasteiger partial charge in [-0.2, -0.15) is 5.26 Å². The van der Waals surface area contributed by atoms with Crippen molar-refractivity contribution in [2.75, 3.05) is 6.61 Å². The van der Waals surface area contributed by atoms with Crippen molar-refractivity contribution in [3.63, 3.8) is 0 Å². The van der Waals surface area contributed by atoms with Crippen LogP contribution in [0.5, 0.6) is 23.0 Å². The van der Waals surface area contributed by atoms with Gasteiger partial charge in [0, 0.05) is 27.2 Å². The molecule has 1 heterocycles. The van der Waals surface area contributed by atoms with E-state index in [4.69, 9.17) is 47.9 Å². The number of carbonyl (C=O) groups excluding carboxylic acids is 1. The molecule has 0 amide bonds. The third-order valence-corrected chi connectivity index (χ3v) is 7.72. The van der Waals surface area contributed by atoms with E-state index in [1.54, 1.807) is 30.3 Å². The molecule has 0 aliphatic carbocycles. The Morgan fingerprint density at radius 3 is 2.31 bits per heavy atom. The number of carbonyl (C=O) groups is 1. The number of nitrogens with zero attached hydrogens (tertiary/aromatic N) is 1. The predicted molar refractivity (Wildman–Crippen MR) is 160 cm³/mol. The summed E-state index contributed by atoms with van der Waals surface area (Å²) in [6.45, 7) is 3.75. The van der Waals surface area contributed by atoms with Crippen LogP contribution < -0.4 is 24.7 Å². The second-order valence-corrected chi connectivity index (χ2v) is 10.5. The van der Waals surface area contributed by atoms with Crippen molar-refractivity contribution in [1.29, 1.82) is 5.26 Å². The minimum atomic E-state index is -0.596. The Hall–Kier alpha value is -4.64. The van der Waals surface area contributed by atoms with Crippen LogP contribution in [0.2, 0.25) is 10.0 Å². The van der Waals surface area contributed by atoms with Gasteiger partial charge in [-0.3, -0.25) is 0 Å². The predicted octanol–water partition coefficient (Wildman–Crippen LogP) is 7.39. The molecule has 0 bridgehead atoms. The summed E-state index contributed by atoms with van der Waals surface area (Å²) in [7, 11) is 0. The van der Waals surface area contributed by atoms with Crippen LogP contribution in [0.1, 0.15) is 33.7 Å². The zero-order valence-electron chi connectivity index (χ0n) is 22.8. The molecule has 5 rings (SSSR count). The van der Waals surface area contributed by atoms with E-state index < -0.39 is 11.9 Å². The highest BCUT2D eigenvalue weighted by molar-refractivity contribution is 6.32. The van der Waals surface area contributed by atoms with Crippen molar-refractivity contribution in [2.24, 2.45) is 5.73 Å². The molecular formula is C33H26Cl2N2O5. The molecule has 0 radical (unpaired) electrons. The van der Waals surface area contributed by atoms with Gasteiger partial charge in [-0.1, -0.05) is 59.6 Å². The molecule has 0 spiro atoms. The van der Waals surface area contributed by atoms with Crippen LogP contribution in [0.3, 0.4) is 0 Å². The van der Waals surface area contributed by atoms with Gasteiger partial charge in [-0.05, 0) is 66.9 Å². The van der Waals surface area contributed by atoms with E-state index in [0.717, 1.165) is 22.3 Å². The minimum absolute atomic E-state index is 0.0191. The van der Waals surface area contributed by atoms with Gasteiger partial charge < -0.3 is 24.7 Å². The summed E-state index contributed by atoms with van der Waals surface area (Å²) in [5, 5.41) is 11.2. The maximum Gasteiger partial charge on any atom is 0.349 e. The van der Waals surface area contributed by atoms with Crippen LogP contribution in [0, 0.1) is 25.2 Å². The topological polar surface area (TPSA) is 104 Å². The van der Waals surface area contributed by atoms with Crippen LogP contribution in [-0.2, 0) is 11.4 Å². The summed E-state index contributed by atoms with van der Waals surface area (Å²) in [4.78, 5) is 12.5. The number of esters is 1. The van der Waals surface area contributed by atoms with E-state index in [2.05, 4.69) is 6.07 Å². The monoisotopic (exact) mass is 600 g/mol. The van der Waals surface area contributed by atoms with Gasteiger partial charge in [0.15, 0.2) is 6.61 Å². The lowest BCUT2D eigenvalue weighted by Gasteiger charge is -2.26. The Labute approximate surface area is 253 Å². The maximum atomic E-state index is 12.5. The number of benzene rings is 4. The van der Waals surface area contributed by atoms with Crippen LogP contribution >= 0.6 is 23.2 Å². The number of nitriles is 1. The SMILES string of the molecule is Cc1cc(OCC(=O)Oc2ccc3c(c2)OC(N)=C(C#N)C3c2ccc(OCc3ccccc3Cl)cc2)cc(C)c1Cl. The van der Waals surface area contributed by atoms with Gasteiger partial charge in [0.2, 0.25) is 5.88 Å². The number of nitrogens with two attached hydrogens (primary N) is 1. The molecular weight excluding hydrogens is 575 g/mol. The number of halogens is 2. The van der Waals surface area contributed by atoms with Gasteiger partial charge >= 0.3 is 5.97 Å². The molecule has 212 valence electrons. The summed E-state index contributed by atoms with van der Waals surface area (Å²) in [6, 6.07) is 25.5. The van der Waals surface area contributed by atoms with Crippen LogP contribution in [-0.4, -0.2) is 12.6 Å². The summed E-state index contributed by atoms with van der Waals surface area (Å²) in [5.41, 5.74) is 10.5. The number of allylic oxidation sites excluding steroid dienone is 1. The fourth-order valence-corrected chi connectivity index (χ4v) is 4.97. The fourth-order valence-electron chi connectivity index (χ4n) is 4.67. The summed E-state index contributed by atoms with van der Waals surface area (Å²) >= 11 is 12.4. The molecule has 7 nitrogen and oxygen atoms in total. The van der Waals surface area contributed by atoms with E-state index in [9.17, 15) is 10.1 Å². The highest BCUT2D eigenvalue weighted by Gasteiger charge is 2.31. The largest absolute Gasteiger partial charge is 0.489 e. The van der Waals surface area contributed by atoms with Crippen molar-refractivity contribution in [3.05, 3.63) is 128 Å². The lowest BCUT2D eigenvalue weighted by Crippen LogP contribution is -2.21. The fraction of sp³-hybridized carbons (Fsp3) is 0.152. The normalized spacial score (nSPS) is 13.9. The summed E-state index contributed by atoms with van der Waals surface area (Å²) in [5.74, 6) is 0.697. The molecule has 0 fully saturated rings. The van der Waals surface area contributed by atoms with E-state index in [1.807, 2.05) is 62.4 Å². The first-order chi connectivity index (χ1) is 20.2. The molecule has 1 aliphatic heterocycles. The number of aryl methyl sites for hydroxylation is 2. The molecule has 2 N–H and O–H groups in total. The Bertz CT molecular complexity index is 1700. The van der Waals surface area contributed by atoms with E-state index in [-0.39, 0.29) is 23.8 Å². The van der Waals surface area contributed by atoms with Crippen molar-refractivity contribution in [1.82, 2.24) is 0 Å². The van der Waals surface area contributed by atoms with Crippen LogP contribution in [0.4, 0.5) is 0 Å². The Morgan fingerprint density at radius 1 is 0.929 bits per heavy atom. The Kier molecular flexibility index (Phi) is 8.58. The van der Waals surface area contributed by atoms with Crippen molar-refractivity contribution in [2.45, 2.75) is 26.4 Å². The third-order valence-electron chi connectivity index (χ3n) is 6.75. The first-order valence-electron chi connectivity index (χ1n) is 13.0. The van der Waals surface area contributed by atoms with E-state index in [1.165, 1.54) is 0 Å². The van der Waals surface area contributed by atoms with Gasteiger partial charge in [0.25, 0.3) is 0 Å². The Balaban J connectivity index is 1.30. The molecule has 0 saturated heterocycles. The molecule has 0 aromatic heterocycles. The number of ether oxygens (including phenoxy) is 4. The molecule has 42 heavy (non-hydrogen) atoms. The number of rotatable bonds is 8. The van der Waals surface area contributed by atoms with Crippen molar-refractivity contribution < 1.29 is 23.7 Å². The summed E-state index contributed by atoms with van der Waals surface area (Å²) in [6.07, 6.45) is 0. The average Bonchev–Trinajstić information content (AvgIpc) is 2.98. The van der Waals surface area contributed by atoms with Crippen LogP contribution in [0.25, 0.3) is 0 Å². The van der Waals surface area contributed by atoms with Crippen LogP contribution in [0.15, 0.2) is 90.3 Å². The zero-order chi connectivity index (χ0) is 29.8. The first-order valence-corrected chi connectivity index (χ1v) is 13.8. The first kappa shape index (κ1) is 28.9. The minimum Gasteiger partial charge on any atom is -0.489 e. The number of hydrogen-bond acceptors (Lipinski definition) is 7. The number of hydrogen-bond donors (Lipinski definition) is 1. The average molecular weight is 601 g/mol. The van der Waals surface area contributed by atoms with E-state index in [0.29, 0.717) is 39.5 Å². The molecule has 1 unspecified atom stereocenters. The van der Waals surface area contributed by atoms with Crippen molar-refractivity contribution >= 4 is 29.2 Å². The van der Waals surface area contributed by atoms with Crippen molar-refractivity contribution in [3.8, 4) is 29.1 Å². The molecule has 0 saturated carbocycles. The molecule has 1 aliphatic rings. The lowest BCUT2D eigenvalue weighted by atomic mass is 9.83. The zero-order valence-corrected chi connectivity index (χ0v) is 24.3. The highest BCUT2D eigenvalue weighted by Crippen LogP contribution is 2.43. The van der Waals surface area contributed by atoms with E-state index >= 15 is 0 Å². The smallest absolute Gasteiger partial charge is 0.349 e. The second kappa shape index (κ2) is 12.5. The Morgan fingerprint density at radius 2 is 1.62 bits per heavy atom. The standard InChI is InChI=1S/C33H26Cl2N2O5/c1-19-13-25(14-20(2)32(19)35)40-18-30(38)41-24-11-12-26-29(15-24)42-33(37)27(16-36)31(26)21-7-9-23(10-8-21)39-17-22-5-3-4-6-28(22)34/h3-15,31H,17-18,37H2,1-2H3. The quantitative estimate of drug-likeness (QED) is 0.166. The van der Waals surface area contributed by atoms with Gasteiger partial charge in [-0.25, -0.2) is 4.79 Å².